The second-order valence-corrected chi connectivity index (χ2v) is 6.40. The number of halogens is 3. The number of hydrogen-bond donors (Lipinski definition) is 0. The van der Waals surface area contributed by atoms with Gasteiger partial charge in [-0.1, -0.05) is 36.4 Å². The van der Waals surface area contributed by atoms with Crippen molar-refractivity contribution in [3.63, 3.8) is 0 Å². The number of alkyl halides is 3. The van der Waals surface area contributed by atoms with Crippen molar-refractivity contribution in [3.8, 4) is 0 Å². The van der Waals surface area contributed by atoms with Gasteiger partial charge in [-0.2, -0.15) is 13.2 Å². The van der Waals surface area contributed by atoms with Gasteiger partial charge in [0.05, 0.1) is 16.8 Å². The molecule has 1 amide bonds. The molecule has 0 saturated heterocycles. The third-order valence-electron chi connectivity index (χ3n) is 4.53. The second-order valence-electron chi connectivity index (χ2n) is 6.40. The summed E-state index contributed by atoms with van der Waals surface area (Å²) in [5.74, 6) is -0.358. The molecule has 0 N–H and O–H groups in total. The van der Waals surface area contributed by atoms with E-state index in [2.05, 4.69) is 4.98 Å². The lowest BCUT2D eigenvalue weighted by atomic mass is 10.1. The molecular weight excluding hydrogens is 377 g/mol. The number of anilines is 2. The van der Waals surface area contributed by atoms with Crippen molar-refractivity contribution in [2.75, 3.05) is 4.90 Å². The van der Waals surface area contributed by atoms with Crippen LogP contribution < -0.4 is 4.90 Å². The molecular formula is C23H15F3N2O. The molecule has 0 atom stereocenters. The highest BCUT2D eigenvalue weighted by Crippen LogP contribution is 2.35. The Morgan fingerprint density at radius 3 is 2.17 bits per heavy atom. The van der Waals surface area contributed by atoms with Gasteiger partial charge in [-0.05, 0) is 48.5 Å². The highest BCUT2D eigenvalue weighted by Gasteiger charge is 2.31. The third kappa shape index (κ3) is 3.69. The zero-order valence-electron chi connectivity index (χ0n) is 15.1. The number of aromatic nitrogens is 1. The molecule has 29 heavy (non-hydrogen) atoms. The Balaban J connectivity index is 1.89. The van der Waals surface area contributed by atoms with E-state index in [9.17, 15) is 18.0 Å². The Bertz CT molecular complexity index is 1150. The normalized spacial score (nSPS) is 11.4. The Morgan fingerprint density at radius 2 is 1.48 bits per heavy atom. The van der Waals surface area contributed by atoms with Crippen molar-refractivity contribution in [3.05, 3.63) is 102 Å². The number of rotatable bonds is 3. The highest BCUT2D eigenvalue weighted by molar-refractivity contribution is 6.14. The Hall–Kier alpha value is -3.67. The molecule has 0 spiro atoms. The molecule has 1 heterocycles. The average molecular weight is 392 g/mol. The van der Waals surface area contributed by atoms with Gasteiger partial charge < -0.3 is 0 Å². The maximum absolute atomic E-state index is 13.3. The molecule has 1 aromatic heterocycles. The van der Waals surface area contributed by atoms with E-state index in [1.807, 2.05) is 12.1 Å². The summed E-state index contributed by atoms with van der Waals surface area (Å²) in [5.41, 5.74) is 1.05. The van der Waals surface area contributed by atoms with E-state index in [0.717, 1.165) is 17.5 Å². The first kappa shape index (κ1) is 18.7. The molecule has 6 heteroatoms. The topological polar surface area (TPSA) is 33.2 Å². The molecule has 4 rings (SSSR count). The summed E-state index contributed by atoms with van der Waals surface area (Å²) in [7, 11) is 0. The van der Waals surface area contributed by atoms with E-state index in [4.69, 9.17) is 0 Å². The summed E-state index contributed by atoms with van der Waals surface area (Å²) in [6.07, 6.45) is -2.84. The van der Waals surface area contributed by atoms with E-state index in [1.165, 1.54) is 17.0 Å². The van der Waals surface area contributed by atoms with Crippen LogP contribution in [0.1, 0.15) is 15.9 Å². The molecule has 3 nitrogen and oxygen atoms in total. The van der Waals surface area contributed by atoms with Crippen molar-refractivity contribution in [1.82, 2.24) is 4.98 Å². The van der Waals surface area contributed by atoms with Crippen LogP contribution in [0.4, 0.5) is 24.5 Å². The maximum atomic E-state index is 13.3. The van der Waals surface area contributed by atoms with E-state index in [-0.39, 0.29) is 5.91 Å². The van der Waals surface area contributed by atoms with E-state index in [0.29, 0.717) is 22.5 Å². The zero-order chi connectivity index (χ0) is 20.4. The van der Waals surface area contributed by atoms with Gasteiger partial charge in [0.15, 0.2) is 0 Å². The largest absolute Gasteiger partial charge is 0.416 e. The van der Waals surface area contributed by atoms with Crippen molar-refractivity contribution >= 4 is 28.2 Å². The van der Waals surface area contributed by atoms with Gasteiger partial charge in [0.25, 0.3) is 5.91 Å². The van der Waals surface area contributed by atoms with Gasteiger partial charge in [0, 0.05) is 22.8 Å². The van der Waals surface area contributed by atoms with Gasteiger partial charge in [-0.15, -0.1) is 0 Å². The summed E-state index contributed by atoms with van der Waals surface area (Å²) in [6, 6.07) is 22.2. The molecule has 0 bridgehead atoms. The molecule has 0 aliphatic rings. The summed E-state index contributed by atoms with van der Waals surface area (Å²) in [6.45, 7) is 0. The van der Waals surface area contributed by atoms with Gasteiger partial charge >= 0.3 is 6.18 Å². The van der Waals surface area contributed by atoms with Crippen LogP contribution in [0.2, 0.25) is 0 Å². The van der Waals surface area contributed by atoms with Crippen LogP contribution in [0.3, 0.4) is 0 Å². The number of hydrogen-bond acceptors (Lipinski definition) is 2. The number of para-hydroxylation sites is 1. The van der Waals surface area contributed by atoms with Crippen LogP contribution in [0.5, 0.6) is 0 Å². The predicted octanol–water partition coefficient (Wildman–Crippen LogP) is 6.23. The number of fused-ring (bicyclic) bond motifs is 1. The summed E-state index contributed by atoms with van der Waals surface area (Å²) in [5, 5.41) is 0.822. The number of carbonyl (C=O) groups is 1. The van der Waals surface area contributed by atoms with Gasteiger partial charge in [0.1, 0.15) is 0 Å². The smallest absolute Gasteiger partial charge is 0.275 e. The number of benzene rings is 3. The van der Waals surface area contributed by atoms with Crippen LogP contribution in [0, 0.1) is 0 Å². The minimum atomic E-state index is -4.45. The number of amides is 1. The molecule has 144 valence electrons. The minimum absolute atomic E-state index is 0.324. The fraction of sp³-hybridized carbons (Fsp3) is 0.0435. The van der Waals surface area contributed by atoms with Crippen molar-refractivity contribution in [2.45, 2.75) is 6.18 Å². The van der Waals surface area contributed by atoms with Crippen LogP contribution in [-0.4, -0.2) is 10.9 Å². The summed E-state index contributed by atoms with van der Waals surface area (Å²) >= 11 is 0. The second kappa shape index (κ2) is 7.39. The molecule has 0 radical (unpaired) electrons. The van der Waals surface area contributed by atoms with Crippen LogP contribution in [0.15, 0.2) is 91.1 Å². The molecule has 3 aromatic carbocycles. The van der Waals surface area contributed by atoms with Crippen LogP contribution in [0.25, 0.3) is 10.9 Å². The Morgan fingerprint density at radius 1 is 0.793 bits per heavy atom. The van der Waals surface area contributed by atoms with Gasteiger partial charge in [-0.25, -0.2) is 0 Å². The van der Waals surface area contributed by atoms with E-state index < -0.39 is 11.7 Å². The standard InChI is InChI=1S/C23H15F3N2O/c24-23(25,26)18-11-13-19(14-12-18)28(22(29)17-6-2-1-3-7-17)20-10-4-8-16-9-5-15-27-21(16)20/h1-15H. The summed E-state index contributed by atoms with van der Waals surface area (Å²) < 4.78 is 39.0. The third-order valence-corrected chi connectivity index (χ3v) is 4.53. The van der Waals surface area contributed by atoms with E-state index in [1.54, 1.807) is 54.7 Å². The Labute approximate surface area is 165 Å². The molecule has 4 aromatic rings. The quantitative estimate of drug-likeness (QED) is 0.414. The molecule has 0 saturated carbocycles. The zero-order valence-corrected chi connectivity index (χ0v) is 15.1. The average Bonchev–Trinajstić information content (AvgIpc) is 2.74. The lowest BCUT2D eigenvalue weighted by molar-refractivity contribution is -0.137. The van der Waals surface area contributed by atoms with Crippen LogP contribution >= 0.6 is 0 Å². The van der Waals surface area contributed by atoms with Crippen molar-refractivity contribution < 1.29 is 18.0 Å². The molecule has 0 unspecified atom stereocenters. The van der Waals surface area contributed by atoms with Crippen LogP contribution in [-0.2, 0) is 6.18 Å². The molecule has 0 aliphatic heterocycles. The Kier molecular flexibility index (Phi) is 4.76. The molecule has 0 aliphatic carbocycles. The van der Waals surface area contributed by atoms with Crippen molar-refractivity contribution in [1.29, 1.82) is 0 Å². The first-order chi connectivity index (χ1) is 13.9. The monoisotopic (exact) mass is 392 g/mol. The lowest BCUT2D eigenvalue weighted by Gasteiger charge is -2.24. The first-order valence-corrected chi connectivity index (χ1v) is 8.86. The van der Waals surface area contributed by atoms with Gasteiger partial charge in [0.2, 0.25) is 0 Å². The summed E-state index contributed by atoms with van der Waals surface area (Å²) in [4.78, 5) is 19.1. The maximum Gasteiger partial charge on any atom is 0.416 e. The highest BCUT2D eigenvalue weighted by atomic mass is 19.4. The fourth-order valence-electron chi connectivity index (χ4n) is 3.14. The number of carbonyl (C=O) groups excluding carboxylic acids is 1. The van der Waals surface area contributed by atoms with E-state index >= 15 is 0 Å². The number of pyridine rings is 1. The van der Waals surface area contributed by atoms with Crippen molar-refractivity contribution in [2.24, 2.45) is 0 Å². The predicted molar refractivity (Wildman–Crippen MR) is 106 cm³/mol. The lowest BCUT2D eigenvalue weighted by Crippen LogP contribution is -2.26. The SMILES string of the molecule is O=C(c1ccccc1)N(c1ccc(C(F)(F)F)cc1)c1cccc2cccnc12. The fourth-order valence-corrected chi connectivity index (χ4v) is 3.14. The first-order valence-electron chi connectivity index (χ1n) is 8.86. The minimum Gasteiger partial charge on any atom is -0.275 e. The number of nitrogens with zero attached hydrogens (tertiary/aromatic N) is 2. The molecule has 0 fully saturated rings. The van der Waals surface area contributed by atoms with Gasteiger partial charge in [-0.3, -0.25) is 14.7 Å².